The Morgan fingerprint density at radius 2 is 1.20 bits per heavy atom. The second-order valence-corrected chi connectivity index (χ2v) is 5.96. The molecule has 0 aromatic carbocycles. The van der Waals surface area contributed by atoms with Crippen molar-refractivity contribution in [2.24, 2.45) is 0 Å². The van der Waals surface area contributed by atoms with Crippen molar-refractivity contribution < 1.29 is 4.79 Å². The molecule has 0 saturated carbocycles. The molecule has 2 heteroatoms. The molecule has 1 amide bonds. The van der Waals surface area contributed by atoms with Gasteiger partial charge in [-0.15, -0.1) is 0 Å². The van der Waals surface area contributed by atoms with Crippen molar-refractivity contribution >= 4 is 5.91 Å². The van der Waals surface area contributed by atoms with E-state index in [4.69, 9.17) is 0 Å². The Morgan fingerprint density at radius 1 is 0.650 bits per heavy atom. The Balaban J connectivity index is 3.76. The van der Waals surface area contributed by atoms with Gasteiger partial charge in [-0.1, -0.05) is 72.1 Å². The van der Waals surface area contributed by atoms with Crippen LogP contribution < -0.4 is 0 Å². The summed E-state index contributed by atoms with van der Waals surface area (Å²) in [4.78, 5) is 14.3. The molecule has 0 saturated heterocycles. The van der Waals surface area contributed by atoms with Crippen LogP contribution in [-0.2, 0) is 4.79 Å². The van der Waals surface area contributed by atoms with Crippen molar-refractivity contribution in [2.75, 3.05) is 13.1 Å². The van der Waals surface area contributed by atoms with Crippen molar-refractivity contribution in [1.29, 1.82) is 0 Å². The van der Waals surface area contributed by atoms with E-state index in [1.165, 1.54) is 57.8 Å². The lowest BCUT2D eigenvalue weighted by Crippen LogP contribution is -2.32. The van der Waals surface area contributed by atoms with Crippen LogP contribution in [0, 0.1) is 0 Å². The van der Waals surface area contributed by atoms with E-state index in [-0.39, 0.29) is 0 Å². The smallest absolute Gasteiger partial charge is 0.222 e. The predicted octanol–water partition coefficient (Wildman–Crippen LogP) is 5.56. The van der Waals surface area contributed by atoms with Crippen LogP contribution in [0.25, 0.3) is 0 Å². The fourth-order valence-corrected chi connectivity index (χ4v) is 2.58. The highest BCUT2D eigenvalue weighted by molar-refractivity contribution is 5.76. The maximum Gasteiger partial charge on any atom is 0.222 e. The van der Waals surface area contributed by atoms with Gasteiger partial charge in [-0.25, -0.2) is 0 Å². The summed E-state index contributed by atoms with van der Waals surface area (Å²) in [7, 11) is 0. The van der Waals surface area contributed by atoms with Gasteiger partial charge < -0.3 is 4.90 Å². The Kier molecular flexibility index (Phi) is 14.5. The molecule has 0 aliphatic carbocycles. The van der Waals surface area contributed by atoms with Crippen LogP contribution in [0.2, 0.25) is 0 Å². The average Bonchev–Trinajstić information content (AvgIpc) is 2.45. The van der Waals surface area contributed by atoms with Gasteiger partial charge in [0, 0.05) is 19.5 Å². The minimum absolute atomic E-state index is 0.388. The summed E-state index contributed by atoms with van der Waals surface area (Å²) >= 11 is 0. The predicted molar refractivity (Wildman–Crippen MR) is 89.0 cm³/mol. The van der Waals surface area contributed by atoms with Crippen LogP contribution in [0.1, 0.15) is 97.8 Å². The minimum atomic E-state index is 0.388. The summed E-state index contributed by atoms with van der Waals surface area (Å²) in [6.07, 6.45) is 14.4. The molecule has 0 aliphatic rings. The van der Waals surface area contributed by atoms with Crippen LogP contribution in [-0.4, -0.2) is 23.9 Å². The molecule has 0 spiro atoms. The fraction of sp³-hybridized carbons (Fsp3) is 0.944. The van der Waals surface area contributed by atoms with E-state index in [9.17, 15) is 4.79 Å². The third kappa shape index (κ3) is 11.3. The molecule has 2 nitrogen and oxygen atoms in total. The molecule has 120 valence electrons. The van der Waals surface area contributed by atoms with Gasteiger partial charge >= 0.3 is 0 Å². The normalized spacial score (nSPS) is 10.8. The molecular formula is C18H37NO. The highest BCUT2D eigenvalue weighted by atomic mass is 16.2. The molecular weight excluding hydrogens is 246 g/mol. The largest absolute Gasteiger partial charge is 0.343 e. The zero-order valence-electron chi connectivity index (χ0n) is 14.3. The Morgan fingerprint density at radius 3 is 1.75 bits per heavy atom. The zero-order valence-corrected chi connectivity index (χ0v) is 14.3. The number of amides is 1. The molecule has 20 heavy (non-hydrogen) atoms. The molecule has 0 radical (unpaired) electrons. The number of carbonyl (C=O) groups is 1. The van der Waals surface area contributed by atoms with Crippen molar-refractivity contribution in [3.63, 3.8) is 0 Å². The second-order valence-electron chi connectivity index (χ2n) is 5.96. The van der Waals surface area contributed by atoms with Gasteiger partial charge in [-0.3, -0.25) is 4.79 Å². The topological polar surface area (TPSA) is 20.3 Å². The SMILES string of the molecule is CCCCCCCC(=O)N(CCC)CCCCCCC. The number of carbonyl (C=O) groups excluding carboxylic acids is 1. The Labute approximate surface area is 127 Å². The van der Waals surface area contributed by atoms with Gasteiger partial charge in [0.25, 0.3) is 0 Å². The van der Waals surface area contributed by atoms with Crippen LogP contribution in [0.15, 0.2) is 0 Å². The summed E-state index contributed by atoms with van der Waals surface area (Å²) < 4.78 is 0. The monoisotopic (exact) mass is 283 g/mol. The lowest BCUT2D eigenvalue weighted by molar-refractivity contribution is -0.131. The molecule has 0 N–H and O–H groups in total. The van der Waals surface area contributed by atoms with Crippen molar-refractivity contribution in [3.05, 3.63) is 0 Å². The van der Waals surface area contributed by atoms with Crippen LogP contribution in [0.5, 0.6) is 0 Å². The number of hydrogen-bond acceptors (Lipinski definition) is 1. The summed E-state index contributed by atoms with van der Waals surface area (Å²) in [6, 6.07) is 0. The molecule has 0 unspecified atom stereocenters. The number of hydrogen-bond donors (Lipinski definition) is 0. The highest BCUT2D eigenvalue weighted by Crippen LogP contribution is 2.09. The molecule has 0 heterocycles. The van der Waals surface area contributed by atoms with E-state index in [0.29, 0.717) is 5.91 Å². The maximum absolute atomic E-state index is 12.2. The standard InChI is InChI=1S/C18H37NO/c1-4-7-9-11-13-15-18(20)19(16-6-3)17-14-12-10-8-5-2/h4-17H2,1-3H3. The van der Waals surface area contributed by atoms with Crippen molar-refractivity contribution in [3.8, 4) is 0 Å². The van der Waals surface area contributed by atoms with Crippen LogP contribution >= 0.6 is 0 Å². The molecule has 0 aromatic rings. The van der Waals surface area contributed by atoms with Crippen molar-refractivity contribution in [2.45, 2.75) is 97.8 Å². The van der Waals surface area contributed by atoms with E-state index in [1.807, 2.05) is 0 Å². The quantitative estimate of drug-likeness (QED) is 0.382. The molecule has 0 atom stereocenters. The lowest BCUT2D eigenvalue weighted by Gasteiger charge is -2.22. The van der Waals surface area contributed by atoms with Gasteiger partial charge in [0.15, 0.2) is 0 Å². The highest BCUT2D eigenvalue weighted by Gasteiger charge is 2.11. The van der Waals surface area contributed by atoms with Gasteiger partial charge in [0.05, 0.1) is 0 Å². The first-order valence-corrected chi connectivity index (χ1v) is 9.04. The zero-order chi connectivity index (χ0) is 15.1. The van der Waals surface area contributed by atoms with Crippen LogP contribution in [0.3, 0.4) is 0 Å². The summed E-state index contributed by atoms with van der Waals surface area (Å²) in [5, 5.41) is 0. The van der Waals surface area contributed by atoms with E-state index < -0.39 is 0 Å². The van der Waals surface area contributed by atoms with E-state index in [2.05, 4.69) is 25.7 Å². The molecule has 0 aromatic heterocycles. The van der Waals surface area contributed by atoms with Crippen molar-refractivity contribution in [1.82, 2.24) is 4.90 Å². The van der Waals surface area contributed by atoms with Crippen LogP contribution in [0.4, 0.5) is 0 Å². The molecule has 0 fully saturated rings. The Bertz CT molecular complexity index is 215. The van der Waals surface area contributed by atoms with Gasteiger partial charge in [-0.2, -0.15) is 0 Å². The Hall–Kier alpha value is -0.530. The summed E-state index contributed by atoms with van der Waals surface area (Å²) in [5.74, 6) is 0.388. The third-order valence-corrected chi connectivity index (χ3v) is 3.87. The maximum atomic E-state index is 12.2. The average molecular weight is 283 g/mol. The molecule has 0 bridgehead atoms. The number of nitrogens with zero attached hydrogens (tertiary/aromatic N) is 1. The fourth-order valence-electron chi connectivity index (χ4n) is 2.58. The summed E-state index contributed by atoms with van der Waals surface area (Å²) in [5.41, 5.74) is 0. The van der Waals surface area contributed by atoms with E-state index in [1.54, 1.807) is 0 Å². The van der Waals surface area contributed by atoms with Gasteiger partial charge in [0.1, 0.15) is 0 Å². The molecule has 0 aliphatic heterocycles. The van der Waals surface area contributed by atoms with Gasteiger partial charge in [-0.05, 0) is 19.3 Å². The third-order valence-electron chi connectivity index (χ3n) is 3.87. The first-order valence-electron chi connectivity index (χ1n) is 9.04. The first-order chi connectivity index (χ1) is 9.76. The minimum Gasteiger partial charge on any atom is -0.343 e. The number of unbranched alkanes of at least 4 members (excludes halogenated alkanes) is 8. The second kappa shape index (κ2) is 14.9. The van der Waals surface area contributed by atoms with Gasteiger partial charge in [0.2, 0.25) is 5.91 Å². The molecule has 0 rings (SSSR count). The lowest BCUT2D eigenvalue weighted by atomic mass is 10.1. The van der Waals surface area contributed by atoms with E-state index in [0.717, 1.165) is 32.4 Å². The first kappa shape index (κ1) is 19.5. The van der Waals surface area contributed by atoms with E-state index >= 15 is 0 Å². The number of rotatable bonds is 14. The summed E-state index contributed by atoms with van der Waals surface area (Å²) in [6.45, 7) is 8.56.